The van der Waals surface area contributed by atoms with Crippen molar-refractivity contribution < 1.29 is 4.79 Å². The van der Waals surface area contributed by atoms with Gasteiger partial charge in [0.05, 0.1) is 6.04 Å². The van der Waals surface area contributed by atoms with E-state index in [-0.39, 0.29) is 24.4 Å². The van der Waals surface area contributed by atoms with E-state index in [1.54, 1.807) is 0 Å². The van der Waals surface area contributed by atoms with Crippen molar-refractivity contribution in [1.82, 2.24) is 4.90 Å². The number of carbonyl (C=O) groups excluding carboxylic acids is 1. The summed E-state index contributed by atoms with van der Waals surface area (Å²) in [4.78, 5) is 13.9. The van der Waals surface area contributed by atoms with E-state index < -0.39 is 0 Å². The summed E-state index contributed by atoms with van der Waals surface area (Å²) >= 11 is 0. The molecule has 0 aromatic carbocycles. The molecule has 1 fully saturated rings. The summed E-state index contributed by atoms with van der Waals surface area (Å²) in [6, 6.07) is -0.291. The van der Waals surface area contributed by atoms with Gasteiger partial charge in [0, 0.05) is 13.1 Å². The lowest BCUT2D eigenvalue weighted by molar-refractivity contribution is -0.132. The normalized spacial score (nSPS) is 22.1. The summed E-state index contributed by atoms with van der Waals surface area (Å²) in [5, 5.41) is 0. The standard InChI is InChI=1S/C12H24N2O.ClH/c1-4-10-5-6-14(8-10)12(15)11(13)7-9(2)3;/h9-11H,4-8,13H2,1-3H3;1H/t10?,11-;/m0./s1. The smallest absolute Gasteiger partial charge is 0.239 e. The number of rotatable bonds is 4. The Morgan fingerprint density at radius 3 is 2.56 bits per heavy atom. The summed E-state index contributed by atoms with van der Waals surface area (Å²) in [5.41, 5.74) is 5.89. The number of likely N-dealkylation sites (tertiary alicyclic amines) is 1. The Bertz CT molecular complexity index is 221. The van der Waals surface area contributed by atoms with E-state index in [0.717, 1.165) is 25.9 Å². The number of hydrogen-bond acceptors (Lipinski definition) is 2. The molecule has 1 amide bonds. The van der Waals surface area contributed by atoms with Gasteiger partial charge in [-0.2, -0.15) is 0 Å². The molecule has 2 atom stereocenters. The topological polar surface area (TPSA) is 46.3 Å². The molecule has 1 rings (SSSR count). The molecule has 0 radical (unpaired) electrons. The molecule has 0 aliphatic carbocycles. The van der Waals surface area contributed by atoms with Crippen molar-refractivity contribution in [1.29, 1.82) is 0 Å². The maximum Gasteiger partial charge on any atom is 0.239 e. The number of hydrogen-bond donors (Lipinski definition) is 1. The zero-order valence-corrected chi connectivity index (χ0v) is 11.4. The van der Waals surface area contributed by atoms with Crippen molar-refractivity contribution in [3.63, 3.8) is 0 Å². The van der Waals surface area contributed by atoms with Crippen LogP contribution in [0.4, 0.5) is 0 Å². The lowest BCUT2D eigenvalue weighted by Crippen LogP contribution is -2.43. The SMILES string of the molecule is CCC1CCN(C(=O)[C@@H](N)CC(C)C)C1.Cl. The predicted molar refractivity (Wildman–Crippen MR) is 69.7 cm³/mol. The molecule has 16 heavy (non-hydrogen) atoms. The van der Waals surface area contributed by atoms with Crippen LogP contribution in [0.1, 0.15) is 40.0 Å². The highest BCUT2D eigenvalue weighted by Crippen LogP contribution is 2.20. The van der Waals surface area contributed by atoms with Crippen molar-refractivity contribution in [2.24, 2.45) is 17.6 Å². The third-order valence-electron chi connectivity index (χ3n) is 3.22. The molecule has 0 saturated carbocycles. The van der Waals surface area contributed by atoms with E-state index >= 15 is 0 Å². The molecule has 0 aromatic rings. The molecule has 3 nitrogen and oxygen atoms in total. The second-order valence-electron chi connectivity index (χ2n) is 5.08. The van der Waals surface area contributed by atoms with Crippen LogP contribution < -0.4 is 5.73 Å². The lowest BCUT2D eigenvalue weighted by Gasteiger charge is -2.21. The highest BCUT2D eigenvalue weighted by molar-refractivity contribution is 5.85. The number of halogens is 1. The number of nitrogens with two attached hydrogens (primary N) is 1. The predicted octanol–water partition coefficient (Wildman–Crippen LogP) is 2.04. The Balaban J connectivity index is 0.00000225. The first-order valence-electron chi connectivity index (χ1n) is 6.09. The first-order valence-corrected chi connectivity index (χ1v) is 6.09. The summed E-state index contributed by atoms with van der Waals surface area (Å²) < 4.78 is 0. The fourth-order valence-electron chi connectivity index (χ4n) is 2.21. The van der Waals surface area contributed by atoms with Crippen LogP contribution in [0.2, 0.25) is 0 Å². The average Bonchev–Trinajstić information content (AvgIpc) is 2.63. The molecule has 1 saturated heterocycles. The van der Waals surface area contributed by atoms with Gasteiger partial charge in [-0.3, -0.25) is 4.79 Å². The van der Waals surface area contributed by atoms with Crippen LogP contribution in [0.25, 0.3) is 0 Å². The molecule has 0 aromatic heterocycles. The van der Waals surface area contributed by atoms with Crippen molar-refractivity contribution in [2.75, 3.05) is 13.1 Å². The maximum atomic E-state index is 11.9. The van der Waals surface area contributed by atoms with Crippen molar-refractivity contribution in [3.05, 3.63) is 0 Å². The molecule has 2 N–H and O–H groups in total. The van der Waals surface area contributed by atoms with Crippen LogP contribution in [0.3, 0.4) is 0 Å². The van der Waals surface area contributed by atoms with E-state index in [1.807, 2.05) is 4.90 Å². The quantitative estimate of drug-likeness (QED) is 0.828. The van der Waals surface area contributed by atoms with Gasteiger partial charge in [-0.15, -0.1) is 12.4 Å². The maximum absolute atomic E-state index is 11.9. The Hall–Kier alpha value is -0.280. The van der Waals surface area contributed by atoms with Gasteiger partial charge in [-0.25, -0.2) is 0 Å². The fraction of sp³-hybridized carbons (Fsp3) is 0.917. The lowest BCUT2D eigenvalue weighted by atomic mass is 10.0. The Kier molecular flexibility index (Phi) is 7.00. The van der Waals surface area contributed by atoms with Gasteiger partial charge in [-0.05, 0) is 24.7 Å². The minimum atomic E-state index is -0.291. The third-order valence-corrected chi connectivity index (χ3v) is 3.22. The van der Waals surface area contributed by atoms with Gasteiger partial charge < -0.3 is 10.6 Å². The highest BCUT2D eigenvalue weighted by atomic mass is 35.5. The zero-order valence-electron chi connectivity index (χ0n) is 10.6. The van der Waals surface area contributed by atoms with Crippen LogP contribution in [-0.2, 0) is 4.79 Å². The average molecular weight is 249 g/mol. The summed E-state index contributed by atoms with van der Waals surface area (Å²) in [6.45, 7) is 8.22. The van der Waals surface area contributed by atoms with E-state index in [9.17, 15) is 4.79 Å². The van der Waals surface area contributed by atoms with E-state index in [2.05, 4.69) is 20.8 Å². The van der Waals surface area contributed by atoms with Gasteiger partial charge in [0.25, 0.3) is 0 Å². The second kappa shape index (κ2) is 7.13. The van der Waals surface area contributed by atoms with Crippen LogP contribution >= 0.6 is 12.4 Å². The van der Waals surface area contributed by atoms with Gasteiger partial charge >= 0.3 is 0 Å². The highest BCUT2D eigenvalue weighted by Gasteiger charge is 2.28. The van der Waals surface area contributed by atoms with E-state index in [0.29, 0.717) is 11.8 Å². The summed E-state index contributed by atoms with van der Waals surface area (Å²) in [5.74, 6) is 1.34. The minimum Gasteiger partial charge on any atom is -0.341 e. The van der Waals surface area contributed by atoms with Crippen LogP contribution in [0.15, 0.2) is 0 Å². The van der Waals surface area contributed by atoms with Gasteiger partial charge in [0.2, 0.25) is 5.91 Å². The molecular weight excluding hydrogens is 224 g/mol. The number of amides is 1. The molecule has 4 heteroatoms. The fourth-order valence-corrected chi connectivity index (χ4v) is 2.21. The van der Waals surface area contributed by atoms with Crippen LogP contribution in [0.5, 0.6) is 0 Å². The van der Waals surface area contributed by atoms with E-state index in [1.165, 1.54) is 6.42 Å². The largest absolute Gasteiger partial charge is 0.341 e. The van der Waals surface area contributed by atoms with Gasteiger partial charge in [0.15, 0.2) is 0 Å². The molecule has 1 aliphatic rings. The van der Waals surface area contributed by atoms with Crippen molar-refractivity contribution in [2.45, 2.75) is 46.1 Å². The molecule has 1 heterocycles. The van der Waals surface area contributed by atoms with Crippen molar-refractivity contribution in [3.8, 4) is 0 Å². The Labute approximate surface area is 105 Å². The summed E-state index contributed by atoms with van der Waals surface area (Å²) in [7, 11) is 0. The minimum absolute atomic E-state index is 0. The van der Waals surface area contributed by atoms with Crippen LogP contribution in [-0.4, -0.2) is 29.9 Å². The molecule has 0 spiro atoms. The number of carbonyl (C=O) groups is 1. The second-order valence-corrected chi connectivity index (χ2v) is 5.08. The Morgan fingerprint density at radius 1 is 1.50 bits per heavy atom. The molecule has 1 unspecified atom stereocenters. The number of nitrogens with zero attached hydrogens (tertiary/aromatic N) is 1. The molecular formula is C12H25ClN2O. The third kappa shape index (κ3) is 4.30. The Morgan fingerprint density at radius 2 is 2.12 bits per heavy atom. The van der Waals surface area contributed by atoms with E-state index in [4.69, 9.17) is 5.73 Å². The molecule has 0 bridgehead atoms. The van der Waals surface area contributed by atoms with Gasteiger partial charge in [-0.1, -0.05) is 27.2 Å². The first-order chi connectivity index (χ1) is 7.04. The molecule has 1 aliphatic heterocycles. The zero-order chi connectivity index (χ0) is 11.4. The van der Waals surface area contributed by atoms with Crippen LogP contribution in [0, 0.1) is 11.8 Å². The first kappa shape index (κ1) is 15.7. The monoisotopic (exact) mass is 248 g/mol. The van der Waals surface area contributed by atoms with Crippen molar-refractivity contribution >= 4 is 18.3 Å². The molecule has 96 valence electrons. The summed E-state index contributed by atoms with van der Waals surface area (Å²) in [6.07, 6.45) is 3.12. The van der Waals surface area contributed by atoms with Gasteiger partial charge in [0.1, 0.15) is 0 Å².